The summed E-state index contributed by atoms with van der Waals surface area (Å²) in [4.78, 5) is 0. The first-order valence-electron chi connectivity index (χ1n) is 2.19. The Morgan fingerprint density at radius 2 is 2.38 bits per heavy atom. The molecule has 0 amide bonds. The van der Waals surface area contributed by atoms with Crippen molar-refractivity contribution in [3.05, 3.63) is 23.9 Å². The summed E-state index contributed by atoms with van der Waals surface area (Å²) in [7, 11) is 0. The van der Waals surface area contributed by atoms with Gasteiger partial charge in [0.25, 0.3) is 0 Å². The minimum Gasteiger partial charge on any atom is -0.390 e. The fourth-order valence-corrected chi connectivity index (χ4v) is 0.298. The van der Waals surface area contributed by atoms with Gasteiger partial charge in [-0.15, -0.1) is 0 Å². The molecule has 0 radical (unpaired) electrons. The van der Waals surface area contributed by atoms with E-state index in [0.717, 1.165) is 5.57 Å². The van der Waals surface area contributed by atoms with Crippen LogP contribution in [0.4, 0.5) is 0 Å². The molecule has 2 heteroatoms. The Morgan fingerprint density at radius 1 is 1.88 bits per heavy atom. The van der Waals surface area contributed by atoms with E-state index in [0.29, 0.717) is 0 Å². The van der Waals surface area contributed by atoms with Crippen molar-refractivity contribution in [1.29, 1.82) is 5.26 Å². The van der Waals surface area contributed by atoms with Gasteiger partial charge in [0.1, 0.15) is 11.8 Å². The molecule has 0 saturated carbocycles. The molecule has 0 unspecified atom stereocenters. The zero-order valence-corrected chi connectivity index (χ0v) is 4.81. The third kappa shape index (κ3) is 2.98. The molecule has 0 fully saturated rings. The Bertz CT molecular complexity index is 160. The molecule has 0 saturated heterocycles. The van der Waals surface area contributed by atoms with E-state index >= 15 is 0 Å². The number of nitriles is 1. The maximum Gasteiger partial charge on any atom is 0.117 e. The van der Waals surface area contributed by atoms with Gasteiger partial charge >= 0.3 is 0 Å². The Morgan fingerprint density at radius 3 is 2.50 bits per heavy atom. The average Bonchev–Trinajstić information content (AvgIpc) is 1.65. The molecular weight excluding hydrogens is 100 g/mol. The van der Waals surface area contributed by atoms with Crippen LogP contribution in [0, 0.1) is 11.3 Å². The zero-order valence-electron chi connectivity index (χ0n) is 4.81. The molecule has 2 N–H and O–H groups in total. The summed E-state index contributed by atoms with van der Waals surface area (Å²) in [5.74, 6) is 0. The van der Waals surface area contributed by atoms with E-state index < -0.39 is 0 Å². The van der Waals surface area contributed by atoms with E-state index in [-0.39, 0.29) is 5.70 Å². The highest BCUT2D eigenvalue weighted by atomic mass is 14.6. The maximum absolute atomic E-state index is 8.10. The van der Waals surface area contributed by atoms with Crippen molar-refractivity contribution in [3.63, 3.8) is 0 Å². The third-order valence-corrected chi connectivity index (χ3v) is 0.531. The number of rotatable bonds is 1. The second kappa shape index (κ2) is 2.86. The molecule has 0 aromatic carbocycles. The van der Waals surface area contributed by atoms with Gasteiger partial charge in [-0.2, -0.15) is 5.26 Å². The number of allylic oxidation sites excluding steroid dienone is 3. The highest BCUT2D eigenvalue weighted by molar-refractivity contribution is 5.25. The van der Waals surface area contributed by atoms with Gasteiger partial charge in [0, 0.05) is 0 Å². The van der Waals surface area contributed by atoms with Gasteiger partial charge in [-0.3, -0.25) is 0 Å². The van der Waals surface area contributed by atoms with Crippen molar-refractivity contribution in [1.82, 2.24) is 0 Å². The monoisotopic (exact) mass is 108 g/mol. The standard InChI is InChI=1S/C6H8N2/c1-5(2)3-6(8)4-7/h3H,1,8H2,2H3/b6-3-. The maximum atomic E-state index is 8.10. The van der Waals surface area contributed by atoms with Crippen molar-refractivity contribution in [3.8, 4) is 6.07 Å². The molecule has 0 rings (SSSR count). The predicted molar refractivity (Wildman–Crippen MR) is 32.7 cm³/mol. The summed E-state index contributed by atoms with van der Waals surface area (Å²) in [5.41, 5.74) is 6.11. The van der Waals surface area contributed by atoms with E-state index in [1.54, 1.807) is 13.0 Å². The molecule has 0 aliphatic heterocycles. The van der Waals surface area contributed by atoms with Gasteiger partial charge in [-0.25, -0.2) is 0 Å². The van der Waals surface area contributed by atoms with Crippen LogP contribution < -0.4 is 5.73 Å². The van der Waals surface area contributed by atoms with E-state index in [4.69, 9.17) is 11.0 Å². The molecule has 0 aromatic rings. The first kappa shape index (κ1) is 6.77. The van der Waals surface area contributed by atoms with E-state index in [2.05, 4.69) is 6.58 Å². The third-order valence-electron chi connectivity index (χ3n) is 0.531. The molecule has 8 heavy (non-hydrogen) atoms. The summed E-state index contributed by atoms with van der Waals surface area (Å²) in [6.45, 7) is 5.32. The molecule has 0 aromatic heterocycles. The van der Waals surface area contributed by atoms with Gasteiger partial charge in [-0.1, -0.05) is 12.2 Å². The number of nitrogens with two attached hydrogens (primary N) is 1. The predicted octanol–water partition coefficient (Wildman–Crippen LogP) is 0.929. The second-order valence-corrected chi connectivity index (χ2v) is 1.56. The largest absolute Gasteiger partial charge is 0.390 e. The molecule has 42 valence electrons. The van der Waals surface area contributed by atoms with Crippen LogP contribution in [-0.4, -0.2) is 0 Å². The Balaban J connectivity index is 4.01. The molecule has 0 aliphatic rings. The van der Waals surface area contributed by atoms with Gasteiger partial charge < -0.3 is 5.73 Å². The highest BCUT2D eigenvalue weighted by Gasteiger charge is 1.80. The van der Waals surface area contributed by atoms with Crippen molar-refractivity contribution in [2.45, 2.75) is 6.92 Å². The zero-order chi connectivity index (χ0) is 6.57. The molecule has 2 nitrogen and oxygen atoms in total. The lowest BCUT2D eigenvalue weighted by Crippen LogP contribution is -1.91. The lowest BCUT2D eigenvalue weighted by atomic mass is 10.3. The van der Waals surface area contributed by atoms with Crippen LogP contribution in [0.3, 0.4) is 0 Å². The molecule has 0 atom stereocenters. The topological polar surface area (TPSA) is 49.8 Å². The van der Waals surface area contributed by atoms with Gasteiger partial charge in [-0.05, 0) is 13.0 Å². The highest BCUT2D eigenvalue weighted by Crippen LogP contribution is 1.90. The van der Waals surface area contributed by atoms with Gasteiger partial charge in [0.2, 0.25) is 0 Å². The van der Waals surface area contributed by atoms with Crippen molar-refractivity contribution in [2.75, 3.05) is 0 Å². The van der Waals surface area contributed by atoms with Crippen LogP contribution in [0.1, 0.15) is 6.92 Å². The minimum absolute atomic E-state index is 0.206. The smallest absolute Gasteiger partial charge is 0.117 e. The van der Waals surface area contributed by atoms with Crippen LogP contribution in [0.15, 0.2) is 23.9 Å². The summed E-state index contributed by atoms with van der Waals surface area (Å²) < 4.78 is 0. The molecule has 0 spiro atoms. The molecule has 0 heterocycles. The van der Waals surface area contributed by atoms with Crippen LogP contribution in [0.5, 0.6) is 0 Å². The molecule has 0 aliphatic carbocycles. The molecule has 0 bridgehead atoms. The van der Waals surface area contributed by atoms with Crippen molar-refractivity contribution >= 4 is 0 Å². The van der Waals surface area contributed by atoms with Crippen LogP contribution >= 0.6 is 0 Å². The van der Waals surface area contributed by atoms with E-state index in [1.807, 2.05) is 0 Å². The van der Waals surface area contributed by atoms with Gasteiger partial charge in [0.15, 0.2) is 0 Å². The van der Waals surface area contributed by atoms with E-state index in [1.165, 1.54) is 6.08 Å². The Labute approximate surface area is 48.9 Å². The minimum atomic E-state index is 0.206. The lowest BCUT2D eigenvalue weighted by molar-refractivity contribution is 1.36. The number of hydrogen-bond acceptors (Lipinski definition) is 2. The van der Waals surface area contributed by atoms with Crippen molar-refractivity contribution in [2.24, 2.45) is 5.73 Å². The van der Waals surface area contributed by atoms with Gasteiger partial charge in [0.05, 0.1) is 0 Å². The quantitative estimate of drug-likeness (QED) is 0.401. The summed E-state index contributed by atoms with van der Waals surface area (Å²) >= 11 is 0. The normalized spacial score (nSPS) is 10.2. The number of hydrogen-bond donors (Lipinski definition) is 1. The fraction of sp³-hybridized carbons (Fsp3) is 0.167. The Kier molecular flexibility index (Phi) is 2.42. The first-order chi connectivity index (χ1) is 3.66. The van der Waals surface area contributed by atoms with Crippen LogP contribution in [0.25, 0.3) is 0 Å². The van der Waals surface area contributed by atoms with Crippen molar-refractivity contribution < 1.29 is 0 Å². The van der Waals surface area contributed by atoms with Crippen LogP contribution in [0.2, 0.25) is 0 Å². The van der Waals surface area contributed by atoms with Crippen LogP contribution in [-0.2, 0) is 0 Å². The summed E-state index contributed by atoms with van der Waals surface area (Å²) in [5, 5.41) is 8.10. The number of nitrogens with zero attached hydrogens (tertiary/aromatic N) is 1. The fourth-order valence-electron chi connectivity index (χ4n) is 0.298. The summed E-state index contributed by atoms with van der Waals surface area (Å²) in [6.07, 6.45) is 1.53. The Hall–Kier alpha value is -1.23. The average molecular weight is 108 g/mol. The summed E-state index contributed by atoms with van der Waals surface area (Å²) in [6, 6.07) is 1.77. The van der Waals surface area contributed by atoms with E-state index in [9.17, 15) is 0 Å². The lowest BCUT2D eigenvalue weighted by Gasteiger charge is -1.83. The first-order valence-corrected chi connectivity index (χ1v) is 2.19. The molecular formula is C6H8N2. The second-order valence-electron chi connectivity index (χ2n) is 1.56. The SMILES string of the molecule is C=C(C)/C=C(\N)C#N.